The predicted molar refractivity (Wildman–Crippen MR) is 579 cm³/mol. The van der Waals surface area contributed by atoms with Gasteiger partial charge in [0.25, 0.3) is 5.13 Å². The van der Waals surface area contributed by atoms with Crippen molar-refractivity contribution in [2.45, 2.75) is 244 Å². The maximum absolute atomic E-state index is 13.4. The number of aryl methyl sites for hydroxylation is 3. The number of carbonyl (C=O) groups is 9. The van der Waals surface area contributed by atoms with Gasteiger partial charge in [-0.1, -0.05) is 131 Å². The van der Waals surface area contributed by atoms with Crippen molar-refractivity contribution in [1.82, 2.24) is 66.2 Å². The molecule has 29 nitrogen and oxygen atoms in total. The molecule has 7 aliphatic heterocycles. The first kappa shape index (κ1) is 120. The number of urea groups is 4. The summed E-state index contributed by atoms with van der Waals surface area (Å²) in [5.41, 5.74) is 6.59. The third-order valence-corrected chi connectivity index (χ3v) is 31.7. The highest BCUT2D eigenvalue weighted by atomic mass is 32.1. The quantitative estimate of drug-likeness (QED) is 0.0125. The zero-order valence-corrected chi connectivity index (χ0v) is 86.8. The molecule has 0 spiro atoms. The molecule has 7 saturated heterocycles. The van der Waals surface area contributed by atoms with E-state index in [2.05, 4.69) is 82.5 Å². The van der Waals surface area contributed by atoms with Crippen LogP contribution in [0, 0.1) is 84.5 Å². The summed E-state index contributed by atoms with van der Waals surface area (Å²) in [5.74, 6) is 2.19. The van der Waals surface area contributed by atoms with Crippen molar-refractivity contribution in [2.75, 3.05) is 139 Å². The number of benzene rings is 5. The molecule has 10 heterocycles. The van der Waals surface area contributed by atoms with Gasteiger partial charge in [0, 0.05) is 146 Å². The average molecular weight is 2100 g/mol. The lowest BCUT2D eigenvalue weighted by Crippen LogP contribution is -2.57. The highest BCUT2D eigenvalue weighted by Crippen LogP contribution is 2.35. The smallest absolute Gasteiger partial charge is 0.410 e. The van der Waals surface area contributed by atoms with Gasteiger partial charge < -0.3 is 65.9 Å². The Morgan fingerprint density at radius 2 is 0.830 bits per heavy atom. The third-order valence-electron chi connectivity index (χ3n) is 28.3. The summed E-state index contributed by atoms with van der Waals surface area (Å²) in [4.78, 5) is 132. The number of ketones is 4. The predicted octanol–water partition coefficient (Wildman–Crippen LogP) is 20.3. The van der Waals surface area contributed by atoms with E-state index in [0.29, 0.717) is 127 Å². The van der Waals surface area contributed by atoms with Crippen molar-refractivity contribution >= 4 is 108 Å². The lowest BCUT2D eigenvalue weighted by molar-refractivity contribution is -0.726. The molecule has 8 aromatic rings. The lowest BCUT2D eigenvalue weighted by Gasteiger charge is -2.42. The van der Waals surface area contributed by atoms with Crippen molar-refractivity contribution in [2.24, 2.45) is 54.4 Å². The summed E-state index contributed by atoms with van der Waals surface area (Å²) in [6, 6.07) is 33.2. The Balaban J connectivity index is 0.000000217. The molecule has 0 bridgehead atoms. The minimum Gasteiger partial charge on any atom is -0.444 e. The molecule has 16 rings (SSSR count). The Hall–Kier alpha value is -10.6. The van der Waals surface area contributed by atoms with Gasteiger partial charge in [0.05, 0.1) is 33.8 Å². The Kier molecular flexibility index (Phi) is 47.8. The van der Waals surface area contributed by atoms with Crippen LogP contribution in [0.25, 0.3) is 0 Å². The number of likely N-dealkylation sites (tertiary alicyclic amines) is 5. The third kappa shape index (κ3) is 38.4. The van der Waals surface area contributed by atoms with Crippen molar-refractivity contribution in [1.29, 1.82) is 0 Å². The highest BCUT2D eigenvalue weighted by Gasteiger charge is 2.40. The van der Waals surface area contributed by atoms with E-state index in [4.69, 9.17) is 9.47 Å². The summed E-state index contributed by atoms with van der Waals surface area (Å²) < 4.78 is 65.8. The molecule has 3 aromatic heterocycles. The van der Waals surface area contributed by atoms with Gasteiger partial charge in [-0.25, -0.2) is 51.5 Å². The van der Waals surface area contributed by atoms with Gasteiger partial charge in [-0.2, -0.15) is 0 Å². The fraction of sp³-hybridized carbons (Fsp3) is 0.577. The number of aromatic nitrogens is 4. The molecule has 8 aliphatic rings. The second-order valence-corrected chi connectivity index (χ2v) is 44.1. The maximum atomic E-state index is 13.4. The van der Waals surface area contributed by atoms with Gasteiger partial charge >= 0.3 is 35.2 Å². The molecule has 1 aliphatic carbocycles. The number of halogens is 4. The fourth-order valence-corrected chi connectivity index (χ4v) is 23.9. The largest absolute Gasteiger partial charge is 0.444 e. The van der Waals surface area contributed by atoms with Crippen LogP contribution >= 0.6 is 34.0 Å². The second kappa shape index (κ2) is 58.6. The molecule has 806 valence electrons. The van der Waals surface area contributed by atoms with Crippen molar-refractivity contribution in [3.63, 3.8) is 0 Å². The van der Waals surface area contributed by atoms with E-state index in [-0.39, 0.29) is 136 Å². The zero-order valence-electron chi connectivity index (χ0n) is 84.4. The highest BCUT2D eigenvalue weighted by molar-refractivity contribution is 7.18. The zero-order chi connectivity index (χ0) is 102. The van der Waals surface area contributed by atoms with Gasteiger partial charge in [0.15, 0.2) is 34.7 Å². The van der Waals surface area contributed by atoms with Crippen LogP contribution in [0.3, 0.4) is 0 Å². The van der Waals surface area contributed by atoms with Crippen LogP contribution < -0.4 is 52.5 Å². The van der Waals surface area contributed by atoms with Gasteiger partial charge in [-0.15, -0.1) is 0 Å². The number of carbonyl (C=O) groups excluding carboxylic acids is 9. The number of anilines is 4. The topological polar surface area (TPSA) is 339 Å². The van der Waals surface area contributed by atoms with Crippen molar-refractivity contribution in [3.05, 3.63) is 199 Å². The monoisotopic (exact) mass is 2090 g/mol. The van der Waals surface area contributed by atoms with E-state index in [9.17, 15) is 60.7 Å². The Morgan fingerprint density at radius 1 is 0.435 bits per heavy atom. The summed E-state index contributed by atoms with van der Waals surface area (Å²) >= 11 is 3.54. The number of rotatable bonds is 28. The SMILES string of the molecule is C.C.C.C.CC(=O)c1cccc(NC(=O)N[C@@H]2CCCC[C@H]2CN2CCC[C@@H](Cc3ccc(F)cc3)C2)c1.CC(=O)c1sc(NC(=O)N[C@@H]2CCN(C(=O)OC(C)(C)C)C[C@H]2CN2CCC[C@@H](Cc3ccc(F)cc3)C2)nc1C.CC(=O)c1sc(NC(=O)N[C@@H]2CCNC[C@H]2CN2CCC[C@@H](Cc3ccc(F)cc3)C2)nc1C.CC(=O)c1sc(NC(=O)N[C@@H]2COCC[C@H]2CN2CCC[C@@H](Cc3ccc(F)cc3)C2)n[n+]1C. The lowest BCUT2D eigenvalue weighted by atomic mass is 9.83. The number of ether oxygens (including phenoxy) is 2. The number of hydrogen-bond donors (Lipinski definition) is 9. The molecular weight excluding hydrogens is 1930 g/mol. The van der Waals surface area contributed by atoms with E-state index in [0.717, 1.165) is 192 Å². The summed E-state index contributed by atoms with van der Waals surface area (Å²) in [6.45, 7) is 30.7. The first-order valence-corrected chi connectivity index (χ1v) is 53.4. The molecule has 9 N–H and O–H groups in total. The molecule has 5 aromatic carbocycles. The molecule has 36 heteroatoms. The molecule has 8 fully saturated rings. The first-order chi connectivity index (χ1) is 68.6. The van der Waals surface area contributed by atoms with Crippen molar-refractivity contribution in [3.8, 4) is 0 Å². The van der Waals surface area contributed by atoms with Gasteiger partial charge in [0.2, 0.25) is 5.78 Å². The Labute approximate surface area is 880 Å². The number of thiazole rings is 2. The molecule has 0 unspecified atom stereocenters. The second-order valence-electron chi connectivity index (χ2n) is 41.1. The van der Waals surface area contributed by atoms with Crippen LogP contribution in [-0.4, -0.2) is 241 Å². The van der Waals surface area contributed by atoms with Gasteiger partial charge in [-0.3, -0.25) is 35.1 Å². The summed E-state index contributed by atoms with van der Waals surface area (Å²) in [7, 11) is 1.68. The number of nitrogens with zero attached hydrogens (tertiary/aromatic N) is 9. The number of Topliss-reactive ketones (excluding diaryl/α,β-unsaturated/α-hetero) is 4. The summed E-state index contributed by atoms with van der Waals surface area (Å²) in [6.07, 6.45) is 19.6. The maximum Gasteiger partial charge on any atom is 0.410 e. The first-order valence-electron chi connectivity index (χ1n) is 51.0. The van der Waals surface area contributed by atoms with Crippen LogP contribution in [0.15, 0.2) is 121 Å². The van der Waals surface area contributed by atoms with E-state index < -0.39 is 5.60 Å². The van der Waals surface area contributed by atoms with Crippen LogP contribution in [0.2, 0.25) is 0 Å². The Morgan fingerprint density at radius 3 is 1.24 bits per heavy atom. The van der Waals surface area contributed by atoms with Crippen molar-refractivity contribution < 1.29 is 74.9 Å². The molecule has 1 saturated carbocycles. The number of nitrogens with one attached hydrogen (secondary N) is 9. The van der Waals surface area contributed by atoms with Gasteiger partial charge in [-0.05, 0) is 313 Å². The van der Waals surface area contributed by atoms with E-state index in [1.54, 1.807) is 74.3 Å². The number of hydrogen-bond acceptors (Lipinski definition) is 22. The molecule has 0 radical (unpaired) electrons. The fourth-order valence-electron chi connectivity index (χ4n) is 21.4. The van der Waals surface area contributed by atoms with E-state index >= 15 is 0 Å². The van der Waals surface area contributed by atoms with E-state index in [1.165, 1.54) is 128 Å². The van der Waals surface area contributed by atoms with Crippen LogP contribution in [0.4, 0.5) is 62.6 Å². The number of amides is 9. The molecular formula is C111H161F4N18O11S3+. The van der Waals surface area contributed by atoms with Crippen LogP contribution in [-0.2, 0) is 42.2 Å². The Bertz CT molecular complexity index is 5380. The van der Waals surface area contributed by atoms with Crippen LogP contribution in [0.1, 0.15) is 248 Å². The normalized spacial score (nSPS) is 22.3. The standard InChI is InChI=1S/C30H42FN5O4S.C28H36FN3O2.C25H34FN5O2S.C24H32FN5O3S.4CH4/c1-19-26(20(2)37)41-28(32-19)34-27(38)33-25-12-14-36(29(39)40-30(3,4)5)18-23(25)17-35-13-6-7-22(16-35)15-21-8-10-24(31)11-9-21;1-20(33)23-8-4-9-26(17-23)30-28(34)31-27-10-3-2-7-24(27)19-32-15-5-6-22(18-32)16-21-11-13-25(29)14-12-21;1-16-23(17(2)32)34-25(28-16)30-24(33)29-22-9-10-27-13-20(22)15-31-11-3-4-19(14-31)12-18-5-7-21(26)8-6-18;1-16(31)22-29(2)28-24(34-22)27-23(32)26-21-15-33-11-9-19(21)14-30-10-3-4-18(13-30)12-17-5-7-20(25)8-6-17;;;;/h8-11,22-23,25H,6-7,12-18H2,1-5H3,(H2,32,33,34,38);4,8-9,11-14,17,22,24,27H,2-3,5-7,10,15-16,18-19H2,1H3,(H2,30,31,34);5-8,19-20,22,27H,3-4,9-15H2,1-2H3,(H2,28,29,30,33);5-8,18-19,21H,3-4,9-15H2,1-2H3,(H-,26,27,28,31,32);4*1H4/p+1/t22-,23+,25+;22-,24-,27+;19-,20-,22+;18-,19-,21+;;;;/m0000..../s1. The van der Waals surface area contributed by atoms with Gasteiger partial charge in [0.1, 0.15) is 28.9 Å². The minimum atomic E-state index is -0.591. The van der Waals surface area contributed by atoms with E-state index in [1.807, 2.05) is 69.3 Å². The number of piperidine rings is 6. The molecule has 12 atom stereocenters. The average Bonchev–Trinajstić information content (AvgIpc) is 1.67. The van der Waals surface area contributed by atoms with Crippen LogP contribution in [0.5, 0.6) is 0 Å². The summed E-state index contributed by atoms with van der Waals surface area (Å²) in [5, 5.41) is 33.2. The minimum absolute atomic E-state index is 0. The molecule has 147 heavy (non-hydrogen) atoms. The molecule has 9 amide bonds.